The van der Waals surface area contributed by atoms with Crippen LogP contribution in [0.15, 0.2) is 23.8 Å². The Bertz CT molecular complexity index is 764. The summed E-state index contributed by atoms with van der Waals surface area (Å²) in [5.41, 5.74) is 0. The number of aromatic nitrogens is 3. The van der Waals surface area contributed by atoms with Gasteiger partial charge < -0.3 is 5.11 Å². The first-order valence-corrected chi connectivity index (χ1v) is 9.26. The van der Waals surface area contributed by atoms with Crippen LogP contribution in [0.4, 0.5) is 0 Å². The van der Waals surface area contributed by atoms with E-state index in [2.05, 4.69) is 39.4 Å². The minimum Gasteiger partial charge on any atom is -0.492 e. The molecule has 0 aromatic carbocycles. The van der Waals surface area contributed by atoms with Gasteiger partial charge >= 0.3 is 0 Å². The Morgan fingerprint density at radius 1 is 1.41 bits per heavy atom. The highest BCUT2D eigenvalue weighted by Crippen LogP contribution is 2.43. The van der Waals surface area contributed by atoms with Crippen molar-refractivity contribution in [3.8, 4) is 5.88 Å². The Labute approximate surface area is 136 Å². The van der Waals surface area contributed by atoms with Crippen molar-refractivity contribution in [3.05, 3.63) is 33.6 Å². The van der Waals surface area contributed by atoms with Gasteiger partial charge in [0, 0.05) is 10.9 Å². The van der Waals surface area contributed by atoms with Gasteiger partial charge in [-0.25, -0.2) is 4.98 Å². The van der Waals surface area contributed by atoms with Crippen LogP contribution < -0.4 is 0 Å². The minimum absolute atomic E-state index is 0.101. The molecule has 3 aromatic rings. The molecular formula is C15H18N4OS2. The van der Waals surface area contributed by atoms with Crippen LogP contribution in [0.2, 0.25) is 0 Å². The molecule has 3 aromatic heterocycles. The Morgan fingerprint density at radius 3 is 3.05 bits per heavy atom. The number of nitrogens with zero attached hydrogens (tertiary/aromatic N) is 4. The molecule has 4 rings (SSSR count). The van der Waals surface area contributed by atoms with Crippen LogP contribution in [0, 0.1) is 0 Å². The topological polar surface area (TPSA) is 53.7 Å². The fraction of sp³-hybridized carbons (Fsp3) is 0.467. The zero-order valence-electron chi connectivity index (χ0n) is 12.3. The van der Waals surface area contributed by atoms with Gasteiger partial charge in [-0.05, 0) is 37.8 Å². The van der Waals surface area contributed by atoms with Gasteiger partial charge in [-0.3, -0.25) is 4.90 Å². The van der Waals surface area contributed by atoms with E-state index in [9.17, 15) is 5.11 Å². The zero-order chi connectivity index (χ0) is 15.1. The highest BCUT2D eigenvalue weighted by Gasteiger charge is 2.33. The van der Waals surface area contributed by atoms with Crippen LogP contribution in [0.3, 0.4) is 0 Å². The third-order valence-electron chi connectivity index (χ3n) is 4.39. The summed E-state index contributed by atoms with van der Waals surface area (Å²) < 4.78 is 1.54. The molecule has 0 spiro atoms. The highest BCUT2D eigenvalue weighted by atomic mass is 32.1. The van der Waals surface area contributed by atoms with Crippen molar-refractivity contribution in [3.63, 3.8) is 0 Å². The van der Waals surface area contributed by atoms with Gasteiger partial charge in [0.05, 0.1) is 10.9 Å². The van der Waals surface area contributed by atoms with E-state index in [0.717, 1.165) is 16.4 Å². The minimum atomic E-state index is 0.101. The summed E-state index contributed by atoms with van der Waals surface area (Å²) >= 11 is 3.28. The average molecular weight is 334 g/mol. The average Bonchev–Trinajstić information content (AvgIpc) is 3.23. The van der Waals surface area contributed by atoms with Crippen LogP contribution in [0.5, 0.6) is 5.88 Å². The molecule has 0 amide bonds. The molecule has 116 valence electrons. The molecule has 1 aliphatic rings. The summed E-state index contributed by atoms with van der Waals surface area (Å²) in [6.45, 7) is 3.35. The van der Waals surface area contributed by atoms with E-state index in [1.165, 1.54) is 46.3 Å². The van der Waals surface area contributed by atoms with Crippen LogP contribution in [0.25, 0.3) is 4.96 Å². The molecule has 1 saturated heterocycles. The Kier molecular flexibility index (Phi) is 3.63. The van der Waals surface area contributed by atoms with E-state index in [4.69, 9.17) is 0 Å². The number of hydrogen-bond acceptors (Lipinski definition) is 6. The largest absolute Gasteiger partial charge is 0.492 e. The van der Waals surface area contributed by atoms with E-state index < -0.39 is 0 Å². The molecule has 0 radical (unpaired) electrons. The van der Waals surface area contributed by atoms with E-state index in [1.54, 1.807) is 11.3 Å². The predicted octanol–water partition coefficient (Wildman–Crippen LogP) is 3.52. The molecule has 1 N–H and O–H groups in total. The molecule has 5 nitrogen and oxygen atoms in total. The maximum absolute atomic E-state index is 10.6. The molecule has 0 bridgehead atoms. The Hall–Kier alpha value is -1.44. The van der Waals surface area contributed by atoms with Gasteiger partial charge in [0.25, 0.3) is 0 Å². The number of likely N-dealkylation sites (tertiary alicyclic amines) is 1. The first-order valence-electron chi connectivity index (χ1n) is 7.56. The van der Waals surface area contributed by atoms with Gasteiger partial charge in [-0.15, -0.1) is 11.3 Å². The number of thiophene rings is 1. The van der Waals surface area contributed by atoms with Gasteiger partial charge in [0.1, 0.15) is 6.33 Å². The summed E-state index contributed by atoms with van der Waals surface area (Å²) in [7, 11) is 0. The summed E-state index contributed by atoms with van der Waals surface area (Å²) in [5, 5.41) is 16.8. The van der Waals surface area contributed by atoms with Crippen LogP contribution in [0.1, 0.15) is 42.0 Å². The number of aromatic hydroxyl groups is 1. The number of thiazole rings is 1. The quantitative estimate of drug-likeness (QED) is 0.796. The summed E-state index contributed by atoms with van der Waals surface area (Å²) in [4.78, 5) is 9.71. The van der Waals surface area contributed by atoms with Crippen molar-refractivity contribution in [2.45, 2.75) is 38.3 Å². The summed E-state index contributed by atoms with van der Waals surface area (Å²) in [6.07, 6.45) is 5.20. The fourth-order valence-electron chi connectivity index (χ4n) is 3.27. The molecule has 7 heteroatoms. The standard InChI is InChI=1S/C15H18N4OS2/c1-10-5-2-3-7-18(10)12(11-6-4-8-21-11)13-14(20)19-15(22-13)16-9-17-19/h4,6,8-10,12,20H,2-3,5,7H2,1H3. The van der Waals surface area contributed by atoms with E-state index in [-0.39, 0.29) is 11.9 Å². The smallest absolute Gasteiger partial charge is 0.230 e. The lowest BCUT2D eigenvalue weighted by Gasteiger charge is -2.38. The third-order valence-corrected chi connectivity index (χ3v) is 6.40. The van der Waals surface area contributed by atoms with E-state index >= 15 is 0 Å². The van der Waals surface area contributed by atoms with E-state index in [0.29, 0.717) is 6.04 Å². The van der Waals surface area contributed by atoms with Gasteiger partial charge in [0.15, 0.2) is 0 Å². The third kappa shape index (κ3) is 2.24. The normalized spacial score (nSPS) is 21.4. The fourth-order valence-corrected chi connectivity index (χ4v) is 5.26. The van der Waals surface area contributed by atoms with Gasteiger partial charge in [-0.1, -0.05) is 23.8 Å². The summed E-state index contributed by atoms with van der Waals surface area (Å²) in [5.74, 6) is 0.230. The van der Waals surface area contributed by atoms with Crippen molar-refractivity contribution in [1.29, 1.82) is 0 Å². The van der Waals surface area contributed by atoms with Crippen LogP contribution in [-0.2, 0) is 0 Å². The molecule has 2 unspecified atom stereocenters. The van der Waals surface area contributed by atoms with E-state index in [1.807, 2.05) is 0 Å². The molecule has 1 fully saturated rings. The SMILES string of the molecule is CC1CCCCN1C(c1cccs1)c1sc2ncnn2c1O. The zero-order valence-corrected chi connectivity index (χ0v) is 14.0. The van der Waals surface area contributed by atoms with Crippen molar-refractivity contribution >= 4 is 27.6 Å². The van der Waals surface area contributed by atoms with Crippen molar-refractivity contribution in [2.75, 3.05) is 6.54 Å². The second kappa shape index (κ2) is 5.64. The maximum Gasteiger partial charge on any atom is 0.230 e. The lowest BCUT2D eigenvalue weighted by Crippen LogP contribution is -2.40. The van der Waals surface area contributed by atoms with Crippen LogP contribution in [-0.4, -0.2) is 37.2 Å². The molecule has 22 heavy (non-hydrogen) atoms. The molecule has 2 atom stereocenters. The second-order valence-corrected chi connectivity index (χ2v) is 7.73. The number of hydrogen-bond donors (Lipinski definition) is 1. The molecule has 0 aliphatic carbocycles. The maximum atomic E-state index is 10.6. The van der Waals surface area contributed by atoms with Crippen LogP contribution >= 0.6 is 22.7 Å². The van der Waals surface area contributed by atoms with Crippen molar-refractivity contribution in [1.82, 2.24) is 19.5 Å². The Morgan fingerprint density at radius 2 is 2.32 bits per heavy atom. The monoisotopic (exact) mass is 334 g/mol. The summed E-state index contributed by atoms with van der Waals surface area (Å²) in [6, 6.07) is 4.85. The van der Waals surface area contributed by atoms with Crippen molar-refractivity contribution in [2.24, 2.45) is 0 Å². The molecular weight excluding hydrogens is 316 g/mol. The van der Waals surface area contributed by atoms with Gasteiger partial charge in [0.2, 0.25) is 10.8 Å². The Balaban J connectivity index is 1.83. The lowest BCUT2D eigenvalue weighted by atomic mass is 10.00. The number of fused-ring (bicyclic) bond motifs is 1. The first kappa shape index (κ1) is 14.2. The second-order valence-electron chi connectivity index (χ2n) is 5.74. The number of piperidine rings is 1. The molecule has 0 saturated carbocycles. The van der Waals surface area contributed by atoms with Crippen molar-refractivity contribution < 1.29 is 5.11 Å². The predicted molar refractivity (Wildman–Crippen MR) is 88.7 cm³/mol. The molecule has 4 heterocycles. The first-order chi connectivity index (χ1) is 10.8. The highest BCUT2D eigenvalue weighted by molar-refractivity contribution is 7.17. The molecule has 1 aliphatic heterocycles. The number of rotatable bonds is 3. The lowest BCUT2D eigenvalue weighted by molar-refractivity contribution is 0.126. The van der Waals surface area contributed by atoms with Gasteiger partial charge in [-0.2, -0.15) is 9.61 Å².